The minimum Gasteiger partial charge on any atom is -0.534 e. The van der Waals surface area contributed by atoms with E-state index in [1.807, 2.05) is 0 Å². The molecule has 0 saturated heterocycles. The van der Waals surface area contributed by atoms with E-state index in [0.717, 1.165) is 0 Å². The van der Waals surface area contributed by atoms with Gasteiger partial charge in [-0.05, 0) is 35.7 Å². The number of carbonyl (C=O) groups is 2. The first-order chi connectivity index (χ1) is 12.9. The summed E-state index contributed by atoms with van der Waals surface area (Å²) in [4.78, 5) is 23.7. The van der Waals surface area contributed by atoms with Crippen LogP contribution in [0.5, 0.6) is 11.5 Å². The fraction of sp³-hybridized carbons (Fsp3) is 0.222. The molecule has 0 spiro atoms. The van der Waals surface area contributed by atoms with Crippen molar-refractivity contribution < 1.29 is 29.1 Å². The Kier molecular flexibility index (Phi) is 5.34. The number of hydrogen-bond donors (Lipinski definition) is 4. The number of hydrogen-bond acceptors (Lipinski definition) is 6. The fourth-order valence-electron chi connectivity index (χ4n) is 2.95. The van der Waals surface area contributed by atoms with E-state index >= 15 is 0 Å². The predicted molar refractivity (Wildman–Crippen MR) is 97.6 cm³/mol. The lowest BCUT2D eigenvalue weighted by Crippen LogP contribution is -2.54. The third-order valence-corrected chi connectivity index (χ3v) is 4.43. The number of nitrogens with one attached hydrogen (secondary N) is 1. The average molecular weight is 370 g/mol. The van der Waals surface area contributed by atoms with Gasteiger partial charge >= 0.3 is 13.1 Å². The third kappa shape index (κ3) is 3.89. The molecule has 3 rings (SSSR count). The van der Waals surface area contributed by atoms with Crippen molar-refractivity contribution in [3.63, 3.8) is 0 Å². The molecule has 0 bridgehead atoms. The summed E-state index contributed by atoms with van der Waals surface area (Å²) >= 11 is 0. The summed E-state index contributed by atoms with van der Waals surface area (Å²) in [5.74, 6) is -1.62. The van der Waals surface area contributed by atoms with Gasteiger partial charge in [0.25, 0.3) is 0 Å². The minimum atomic E-state index is -1.38. The van der Waals surface area contributed by atoms with Crippen molar-refractivity contribution in [2.45, 2.75) is 18.4 Å². The van der Waals surface area contributed by atoms with Crippen molar-refractivity contribution in [3.8, 4) is 11.5 Å². The Bertz CT molecular complexity index is 857. The molecule has 1 aliphatic rings. The number of benzene rings is 2. The van der Waals surface area contributed by atoms with E-state index < -0.39 is 31.0 Å². The normalized spacial score (nSPS) is 16.7. The molecule has 1 heterocycles. The molecule has 1 aliphatic heterocycles. The summed E-state index contributed by atoms with van der Waals surface area (Å²) in [5, 5.41) is 22.1. The van der Waals surface area contributed by atoms with Crippen LogP contribution in [0.3, 0.4) is 0 Å². The molecular weight excluding hydrogens is 351 g/mol. The topological polar surface area (TPSA) is 131 Å². The molecule has 0 saturated carbocycles. The number of fused-ring (bicyclic) bond motifs is 1. The number of nitrogens with two attached hydrogens (primary N) is 1. The van der Waals surface area contributed by atoms with E-state index in [2.05, 4.69) is 5.32 Å². The molecule has 0 unspecified atom stereocenters. The summed E-state index contributed by atoms with van der Waals surface area (Å²) in [7, 11) is 0.157. The maximum Gasteiger partial charge on any atom is 0.547 e. The number of para-hydroxylation sites is 1. The van der Waals surface area contributed by atoms with Crippen molar-refractivity contribution in [1.29, 1.82) is 0 Å². The quantitative estimate of drug-likeness (QED) is 0.565. The Morgan fingerprint density at radius 1 is 1.30 bits per heavy atom. The highest BCUT2D eigenvalue weighted by atomic mass is 16.5. The Morgan fingerprint density at radius 2 is 2.00 bits per heavy atom. The zero-order valence-corrected chi connectivity index (χ0v) is 14.6. The first kappa shape index (κ1) is 18.7. The summed E-state index contributed by atoms with van der Waals surface area (Å²) in [5.41, 5.74) is 7.14. The largest absolute Gasteiger partial charge is 0.547 e. The summed E-state index contributed by atoms with van der Waals surface area (Å²) in [6.07, 6.45) is 0.221. The summed E-state index contributed by atoms with van der Waals surface area (Å²) < 4.78 is 10.4. The maximum absolute atomic E-state index is 12.5. The van der Waals surface area contributed by atoms with E-state index in [9.17, 15) is 19.7 Å². The number of carbonyl (C=O) groups excluding carboxylic acids is 1. The molecule has 2 aromatic carbocycles. The average Bonchev–Trinajstić information content (AvgIpc) is 2.67. The highest BCUT2D eigenvalue weighted by Gasteiger charge is 2.38. The van der Waals surface area contributed by atoms with Crippen molar-refractivity contribution in [2.24, 2.45) is 5.73 Å². The number of aromatic carboxylic acids is 1. The van der Waals surface area contributed by atoms with E-state index in [-0.39, 0.29) is 17.7 Å². The number of ether oxygens (including phenoxy) is 1. The standard InChI is InChI=1S/C18H19BN2O6/c1-26-12-7-5-10(6-8-12)15(20)17(22)21-14-9-11-3-2-4-13(18(23)24)16(11)27-19(14)25/h2-8,14-15,25H,9,20H2,1H3,(H,21,22)(H,23,24)/t14-,15+/m0/s1. The van der Waals surface area contributed by atoms with Gasteiger partial charge in [-0.1, -0.05) is 24.3 Å². The zero-order chi connectivity index (χ0) is 19.6. The number of amides is 1. The second-order valence-corrected chi connectivity index (χ2v) is 6.18. The molecule has 0 aromatic heterocycles. The second kappa shape index (κ2) is 7.69. The first-order valence-electron chi connectivity index (χ1n) is 8.30. The van der Waals surface area contributed by atoms with Crippen LogP contribution in [0.4, 0.5) is 0 Å². The molecule has 9 heteroatoms. The third-order valence-electron chi connectivity index (χ3n) is 4.43. The molecule has 1 amide bonds. The molecule has 27 heavy (non-hydrogen) atoms. The SMILES string of the molecule is COc1ccc([C@@H](N)C(=O)N[C@H]2Cc3cccc(C(=O)O)c3OB2O)cc1. The molecule has 140 valence electrons. The summed E-state index contributed by atoms with van der Waals surface area (Å²) in [6.45, 7) is 0. The van der Waals surface area contributed by atoms with Gasteiger partial charge in [-0.3, -0.25) is 4.79 Å². The van der Waals surface area contributed by atoms with Gasteiger partial charge in [0.05, 0.1) is 18.6 Å². The molecule has 0 aliphatic carbocycles. The molecule has 0 fully saturated rings. The van der Waals surface area contributed by atoms with E-state index in [0.29, 0.717) is 16.9 Å². The lowest BCUT2D eigenvalue weighted by Gasteiger charge is -2.29. The van der Waals surface area contributed by atoms with Crippen LogP contribution >= 0.6 is 0 Å². The molecule has 8 nitrogen and oxygen atoms in total. The highest BCUT2D eigenvalue weighted by Crippen LogP contribution is 2.30. The Hall–Kier alpha value is -3.04. The minimum absolute atomic E-state index is 0.0359. The van der Waals surface area contributed by atoms with Gasteiger partial charge in [0, 0.05) is 0 Å². The van der Waals surface area contributed by atoms with E-state index in [1.165, 1.54) is 6.07 Å². The van der Waals surface area contributed by atoms with Gasteiger partial charge in [-0.15, -0.1) is 0 Å². The van der Waals surface area contributed by atoms with Crippen LogP contribution < -0.4 is 20.4 Å². The highest BCUT2D eigenvalue weighted by molar-refractivity contribution is 6.47. The fourth-order valence-corrected chi connectivity index (χ4v) is 2.95. The monoisotopic (exact) mass is 370 g/mol. The van der Waals surface area contributed by atoms with Crippen molar-refractivity contribution in [2.75, 3.05) is 7.11 Å². The van der Waals surface area contributed by atoms with Gasteiger partial charge in [0.2, 0.25) is 5.91 Å². The number of carboxylic acids is 1. The van der Waals surface area contributed by atoms with Crippen molar-refractivity contribution >= 4 is 19.0 Å². The van der Waals surface area contributed by atoms with Gasteiger partial charge in [0.15, 0.2) is 0 Å². The van der Waals surface area contributed by atoms with Gasteiger partial charge in [0.1, 0.15) is 17.5 Å². The molecule has 5 N–H and O–H groups in total. The van der Waals surface area contributed by atoms with Crippen LogP contribution in [-0.2, 0) is 11.2 Å². The predicted octanol–water partition coefficient (Wildman–Crippen LogP) is 0.533. The van der Waals surface area contributed by atoms with Crippen LogP contribution in [0.2, 0.25) is 0 Å². The summed E-state index contributed by atoms with van der Waals surface area (Å²) in [6, 6.07) is 10.5. The van der Waals surface area contributed by atoms with Gasteiger partial charge in [-0.25, -0.2) is 4.79 Å². The maximum atomic E-state index is 12.5. The Balaban J connectivity index is 1.73. The molecular formula is C18H19BN2O6. The molecule has 2 aromatic rings. The van der Waals surface area contributed by atoms with Crippen molar-refractivity contribution in [3.05, 3.63) is 59.2 Å². The molecule has 2 atom stereocenters. The first-order valence-corrected chi connectivity index (χ1v) is 8.30. The van der Waals surface area contributed by atoms with Crippen LogP contribution in [0.15, 0.2) is 42.5 Å². The number of methoxy groups -OCH3 is 1. The number of carboxylic acid groups (broad SMARTS) is 1. The van der Waals surface area contributed by atoms with Gasteiger partial charge in [-0.2, -0.15) is 0 Å². The van der Waals surface area contributed by atoms with E-state index in [4.69, 9.17) is 15.1 Å². The molecule has 0 radical (unpaired) electrons. The second-order valence-electron chi connectivity index (χ2n) is 6.18. The lowest BCUT2D eigenvalue weighted by atomic mass is 9.72. The van der Waals surface area contributed by atoms with Crippen LogP contribution in [0.25, 0.3) is 0 Å². The number of rotatable bonds is 5. The van der Waals surface area contributed by atoms with Crippen molar-refractivity contribution in [1.82, 2.24) is 5.32 Å². The lowest BCUT2D eigenvalue weighted by molar-refractivity contribution is -0.122. The van der Waals surface area contributed by atoms with Gasteiger partial charge < -0.3 is 30.6 Å². The Labute approximate surface area is 156 Å². The smallest absolute Gasteiger partial charge is 0.534 e. The van der Waals surface area contributed by atoms with Crippen LogP contribution in [0.1, 0.15) is 27.5 Å². The van der Waals surface area contributed by atoms with Crippen LogP contribution in [0, 0.1) is 0 Å². The Morgan fingerprint density at radius 3 is 2.63 bits per heavy atom. The van der Waals surface area contributed by atoms with E-state index in [1.54, 1.807) is 43.5 Å². The van der Waals surface area contributed by atoms with Crippen LogP contribution in [-0.4, -0.2) is 42.2 Å². The zero-order valence-electron chi connectivity index (χ0n) is 14.6.